The lowest BCUT2D eigenvalue weighted by Gasteiger charge is -2.10. The van der Waals surface area contributed by atoms with Crippen LogP contribution in [0.1, 0.15) is 0 Å². The Morgan fingerprint density at radius 1 is 0.719 bits per heavy atom. The van der Waals surface area contributed by atoms with Gasteiger partial charge >= 0.3 is 0 Å². The van der Waals surface area contributed by atoms with E-state index < -0.39 is 0 Å². The van der Waals surface area contributed by atoms with E-state index in [-0.39, 0.29) is 11.7 Å². The Labute approximate surface area is 194 Å². The molecule has 3 aromatic carbocycles. The van der Waals surface area contributed by atoms with Crippen LogP contribution in [-0.2, 0) is 4.79 Å². The Morgan fingerprint density at radius 2 is 1.25 bits per heavy atom. The number of rotatable bonds is 8. The number of nitrogens with zero attached hydrogens (tertiary/aromatic N) is 3. The molecule has 0 aliphatic rings. The van der Waals surface area contributed by atoms with Gasteiger partial charge in [0.15, 0.2) is 5.16 Å². The van der Waals surface area contributed by atoms with E-state index in [1.807, 2.05) is 60.7 Å². The lowest BCUT2D eigenvalue weighted by Crippen LogP contribution is -2.14. The van der Waals surface area contributed by atoms with Crippen LogP contribution in [0, 0.1) is 0 Å². The van der Waals surface area contributed by atoms with Gasteiger partial charge in [-0.05, 0) is 48.5 Å². The Balaban J connectivity index is 1.48. The van der Waals surface area contributed by atoms with Gasteiger partial charge in [0, 0.05) is 22.1 Å². The normalized spacial score (nSPS) is 10.4. The SMILES string of the molecule is O=C(CSc1nc(Nc2ccccc2)nc(Nc2ccccc2)n1)Nc1ccc(Cl)cc1. The molecule has 0 saturated heterocycles. The molecule has 160 valence electrons. The summed E-state index contributed by atoms with van der Waals surface area (Å²) in [5, 5.41) is 10.2. The molecule has 0 bridgehead atoms. The van der Waals surface area contributed by atoms with Crippen LogP contribution in [-0.4, -0.2) is 26.6 Å². The van der Waals surface area contributed by atoms with Crippen LogP contribution in [0.4, 0.5) is 29.0 Å². The van der Waals surface area contributed by atoms with Gasteiger partial charge in [-0.2, -0.15) is 15.0 Å². The number of anilines is 5. The van der Waals surface area contributed by atoms with Crippen LogP contribution in [0.2, 0.25) is 5.02 Å². The van der Waals surface area contributed by atoms with E-state index in [0.29, 0.717) is 27.8 Å². The first kappa shape index (κ1) is 21.6. The maximum Gasteiger partial charge on any atom is 0.234 e. The van der Waals surface area contributed by atoms with Gasteiger partial charge in [-0.3, -0.25) is 4.79 Å². The maximum absolute atomic E-state index is 12.4. The van der Waals surface area contributed by atoms with Gasteiger partial charge in [-0.1, -0.05) is 59.8 Å². The number of halogens is 1. The molecular formula is C23H19ClN6OS. The number of para-hydroxylation sites is 2. The van der Waals surface area contributed by atoms with Gasteiger partial charge < -0.3 is 16.0 Å². The van der Waals surface area contributed by atoms with Crippen molar-refractivity contribution in [2.75, 3.05) is 21.7 Å². The molecule has 0 unspecified atom stereocenters. The zero-order chi connectivity index (χ0) is 22.2. The van der Waals surface area contributed by atoms with Crippen LogP contribution < -0.4 is 16.0 Å². The minimum absolute atomic E-state index is 0.141. The maximum atomic E-state index is 12.4. The average Bonchev–Trinajstić information content (AvgIpc) is 2.80. The Bertz CT molecular complexity index is 1120. The van der Waals surface area contributed by atoms with Crippen LogP contribution in [0.25, 0.3) is 0 Å². The van der Waals surface area contributed by atoms with E-state index in [9.17, 15) is 4.79 Å². The van der Waals surface area contributed by atoms with Gasteiger partial charge in [0.05, 0.1) is 5.75 Å². The number of carbonyl (C=O) groups excluding carboxylic acids is 1. The molecule has 32 heavy (non-hydrogen) atoms. The lowest BCUT2D eigenvalue weighted by atomic mass is 10.3. The molecular weight excluding hydrogens is 444 g/mol. The topological polar surface area (TPSA) is 91.8 Å². The molecule has 0 fully saturated rings. The smallest absolute Gasteiger partial charge is 0.234 e. The van der Waals surface area contributed by atoms with Crippen molar-refractivity contribution in [3.8, 4) is 0 Å². The van der Waals surface area contributed by atoms with Crippen molar-refractivity contribution in [2.24, 2.45) is 0 Å². The first-order chi connectivity index (χ1) is 15.6. The second-order valence-corrected chi connectivity index (χ2v) is 7.97. The summed E-state index contributed by atoms with van der Waals surface area (Å²) in [5.74, 6) is 0.728. The molecule has 7 nitrogen and oxygen atoms in total. The summed E-state index contributed by atoms with van der Waals surface area (Å²) in [6.07, 6.45) is 0. The standard InChI is InChI=1S/C23H19ClN6OS/c24-16-11-13-19(14-12-16)25-20(31)15-32-23-29-21(26-17-7-3-1-4-8-17)28-22(30-23)27-18-9-5-2-6-10-18/h1-14H,15H2,(H,25,31)(H2,26,27,28,29,30). The van der Waals surface area contributed by atoms with E-state index >= 15 is 0 Å². The minimum atomic E-state index is -0.173. The molecule has 3 N–H and O–H groups in total. The number of nitrogens with one attached hydrogen (secondary N) is 3. The second-order valence-electron chi connectivity index (χ2n) is 6.59. The van der Waals surface area contributed by atoms with Crippen LogP contribution in [0.5, 0.6) is 0 Å². The Kier molecular flexibility index (Phi) is 7.16. The van der Waals surface area contributed by atoms with Crippen LogP contribution >= 0.6 is 23.4 Å². The first-order valence-electron chi connectivity index (χ1n) is 9.72. The highest BCUT2D eigenvalue weighted by molar-refractivity contribution is 7.99. The van der Waals surface area contributed by atoms with Crippen LogP contribution in [0.15, 0.2) is 90.1 Å². The highest BCUT2D eigenvalue weighted by Gasteiger charge is 2.11. The van der Waals surface area contributed by atoms with E-state index in [1.165, 1.54) is 11.8 Å². The van der Waals surface area contributed by atoms with Crippen molar-refractivity contribution in [1.29, 1.82) is 0 Å². The number of amides is 1. The van der Waals surface area contributed by atoms with Crippen molar-refractivity contribution in [2.45, 2.75) is 5.16 Å². The zero-order valence-corrected chi connectivity index (χ0v) is 18.4. The second kappa shape index (κ2) is 10.6. The number of aromatic nitrogens is 3. The Hall–Kier alpha value is -3.62. The lowest BCUT2D eigenvalue weighted by molar-refractivity contribution is -0.113. The van der Waals surface area contributed by atoms with Gasteiger partial charge in [0.25, 0.3) is 0 Å². The number of hydrogen-bond acceptors (Lipinski definition) is 7. The highest BCUT2D eigenvalue weighted by Crippen LogP contribution is 2.22. The van der Waals surface area contributed by atoms with Crippen molar-refractivity contribution in [1.82, 2.24) is 15.0 Å². The zero-order valence-electron chi connectivity index (χ0n) is 16.8. The summed E-state index contributed by atoms with van der Waals surface area (Å²) in [4.78, 5) is 25.7. The van der Waals surface area contributed by atoms with Gasteiger partial charge in [-0.15, -0.1) is 0 Å². The summed E-state index contributed by atoms with van der Waals surface area (Å²) in [5.41, 5.74) is 2.37. The van der Waals surface area contributed by atoms with E-state index in [0.717, 1.165) is 11.4 Å². The molecule has 0 saturated carbocycles. The van der Waals surface area contributed by atoms with E-state index in [2.05, 4.69) is 30.9 Å². The third-order valence-corrected chi connectivity index (χ3v) is 5.23. The molecule has 4 aromatic rings. The van der Waals surface area contributed by atoms with Crippen molar-refractivity contribution in [3.63, 3.8) is 0 Å². The quantitative estimate of drug-likeness (QED) is 0.287. The molecule has 1 amide bonds. The molecule has 0 aliphatic carbocycles. The van der Waals surface area contributed by atoms with Crippen LogP contribution in [0.3, 0.4) is 0 Å². The molecule has 9 heteroatoms. The fraction of sp³-hybridized carbons (Fsp3) is 0.0435. The number of carbonyl (C=O) groups is 1. The fourth-order valence-corrected chi connectivity index (χ4v) is 3.45. The first-order valence-corrected chi connectivity index (χ1v) is 11.1. The Morgan fingerprint density at radius 3 is 1.78 bits per heavy atom. The molecule has 0 radical (unpaired) electrons. The van der Waals surface area contributed by atoms with Gasteiger partial charge in [-0.25, -0.2) is 0 Å². The molecule has 1 aromatic heterocycles. The molecule has 1 heterocycles. The monoisotopic (exact) mass is 462 g/mol. The summed E-state index contributed by atoms with van der Waals surface area (Å²) < 4.78 is 0. The third kappa shape index (κ3) is 6.44. The number of thioether (sulfide) groups is 1. The molecule has 4 rings (SSSR count). The molecule has 0 spiro atoms. The van der Waals surface area contributed by atoms with Crippen molar-refractivity contribution in [3.05, 3.63) is 90.0 Å². The number of hydrogen-bond donors (Lipinski definition) is 3. The predicted octanol–water partition coefficient (Wildman–Crippen LogP) is 5.74. The van der Waals surface area contributed by atoms with E-state index in [1.54, 1.807) is 24.3 Å². The highest BCUT2D eigenvalue weighted by atomic mass is 35.5. The summed E-state index contributed by atoms with van der Waals surface area (Å²) in [7, 11) is 0. The average molecular weight is 463 g/mol. The summed E-state index contributed by atoms with van der Waals surface area (Å²) in [6, 6.07) is 26.2. The number of benzene rings is 3. The molecule has 0 aliphatic heterocycles. The molecule has 0 atom stereocenters. The summed E-state index contributed by atoms with van der Waals surface area (Å²) in [6.45, 7) is 0. The van der Waals surface area contributed by atoms with E-state index in [4.69, 9.17) is 11.6 Å². The van der Waals surface area contributed by atoms with Gasteiger partial charge in [0.1, 0.15) is 0 Å². The van der Waals surface area contributed by atoms with Crippen molar-refractivity contribution >= 4 is 58.2 Å². The van der Waals surface area contributed by atoms with Crippen molar-refractivity contribution < 1.29 is 4.79 Å². The minimum Gasteiger partial charge on any atom is -0.325 e. The fourth-order valence-electron chi connectivity index (χ4n) is 2.69. The summed E-state index contributed by atoms with van der Waals surface area (Å²) >= 11 is 7.10. The predicted molar refractivity (Wildman–Crippen MR) is 130 cm³/mol. The largest absolute Gasteiger partial charge is 0.325 e. The third-order valence-electron chi connectivity index (χ3n) is 4.14. The van der Waals surface area contributed by atoms with Gasteiger partial charge in [0.2, 0.25) is 17.8 Å².